The van der Waals surface area contributed by atoms with Crippen LogP contribution in [0.25, 0.3) is 0 Å². The molecule has 0 aliphatic carbocycles. The Balaban J connectivity index is 1.78. The van der Waals surface area contributed by atoms with Crippen molar-refractivity contribution in [3.8, 4) is 5.75 Å². The van der Waals surface area contributed by atoms with Gasteiger partial charge in [-0.3, -0.25) is 4.79 Å². The van der Waals surface area contributed by atoms with Crippen LogP contribution in [0.5, 0.6) is 5.75 Å². The predicted octanol–water partition coefficient (Wildman–Crippen LogP) is 5.63. The smallest absolute Gasteiger partial charge is 0.261 e. The summed E-state index contributed by atoms with van der Waals surface area (Å²) in [5, 5.41) is 3.84. The third-order valence-corrected chi connectivity index (χ3v) is 5.24. The predicted molar refractivity (Wildman–Crippen MR) is 114 cm³/mol. The maximum Gasteiger partial charge on any atom is 0.261 e. The molecular weight excluding hydrogens is 370 g/mol. The molecule has 0 fully saturated rings. The van der Waals surface area contributed by atoms with Crippen molar-refractivity contribution in [3.05, 3.63) is 100 Å². The van der Waals surface area contributed by atoms with Crippen LogP contribution in [0.2, 0.25) is 5.02 Å². The van der Waals surface area contributed by atoms with Gasteiger partial charge in [0.25, 0.3) is 5.91 Å². The number of ether oxygens (including phenoxy) is 1. The molecule has 0 bridgehead atoms. The average molecular weight is 394 g/mol. The molecule has 144 valence electrons. The summed E-state index contributed by atoms with van der Waals surface area (Å²) >= 11 is 6.22. The van der Waals surface area contributed by atoms with Crippen LogP contribution in [0.1, 0.15) is 35.2 Å². The number of carbonyl (C=O) groups is 1. The fraction of sp³-hybridized carbons (Fsp3) is 0.208. The van der Waals surface area contributed by atoms with Crippen LogP contribution < -0.4 is 10.1 Å². The van der Waals surface area contributed by atoms with Crippen molar-refractivity contribution in [1.82, 2.24) is 5.32 Å². The molecular formula is C24H24ClNO2. The number of amides is 1. The van der Waals surface area contributed by atoms with Crippen LogP contribution in [0.4, 0.5) is 0 Å². The summed E-state index contributed by atoms with van der Waals surface area (Å²) in [6.07, 6.45) is -0.644. The normalized spacial score (nSPS) is 11.9. The van der Waals surface area contributed by atoms with Gasteiger partial charge in [-0.05, 0) is 55.2 Å². The number of nitrogens with one attached hydrogen (secondary N) is 1. The average Bonchev–Trinajstić information content (AvgIpc) is 2.71. The molecule has 0 radical (unpaired) electrons. The second-order valence-electron chi connectivity index (χ2n) is 6.89. The molecule has 1 N–H and O–H groups in total. The first-order chi connectivity index (χ1) is 13.5. The summed E-state index contributed by atoms with van der Waals surface area (Å²) in [6, 6.07) is 23.3. The second-order valence-corrected chi connectivity index (χ2v) is 7.27. The lowest BCUT2D eigenvalue weighted by molar-refractivity contribution is -0.127. The largest absolute Gasteiger partial charge is 0.481 e. The van der Waals surface area contributed by atoms with Crippen molar-refractivity contribution in [2.75, 3.05) is 0 Å². The van der Waals surface area contributed by atoms with Gasteiger partial charge in [-0.25, -0.2) is 0 Å². The number of halogens is 1. The summed E-state index contributed by atoms with van der Waals surface area (Å²) in [7, 11) is 0. The van der Waals surface area contributed by atoms with Crippen molar-refractivity contribution in [1.29, 1.82) is 0 Å². The number of rotatable bonds is 6. The lowest BCUT2D eigenvalue weighted by Gasteiger charge is -2.23. The Morgan fingerprint density at radius 2 is 1.36 bits per heavy atom. The highest BCUT2D eigenvalue weighted by molar-refractivity contribution is 6.32. The van der Waals surface area contributed by atoms with Crippen molar-refractivity contribution in [3.63, 3.8) is 0 Å². The second kappa shape index (κ2) is 8.94. The zero-order valence-corrected chi connectivity index (χ0v) is 17.0. The summed E-state index contributed by atoms with van der Waals surface area (Å²) in [4.78, 5) is 12.9. The third kappa shape index (κ3) is 4.73. The van der Waals surface area contributed by atoms with E-state index in [1.54, 1.807) is 6.92 Å². The van der Waals surface area contributed by atoms with Crippen LogP contribution in [0.15, 0.2) is 72.8 Å². The van der Waals surface area contributed by atoms with Crippen molar-refractivity contribution < 1.29 is 9.53 Å². The van der Waals surface area contributed by atoms with Crippen molar-refractivity contribution in [2.24, 2.45) is 0 Å². The quantitative estimate of drug-likeness (QED) is 0.589. The number of benzene rings is 3. The van der Waals surface area contributed by atoms with E-state index >= 15 is 0 Å². The van der Waals surface area contributed by atoms with Gasteiger partial charge in [-0.2, -0.15) is 0 Å². The Hall–Kier alpha value is -2.78. The Morgan fingerprint density at radius 1 is 0.893 bits per heavy atom. The van der Waals surface area contributed by atoms with Crippen LogP contribution in [-0.4, -0.2) is 12.0 Å². The van der Waals surface area contributed by atoms with Crippen LogP contribution in [-0.2, 0) is 4.79 Å². The van der Waals surface area contributed by atoms with E-state index in [9.17, 15) is 4.79 Å². The molecule has 0 unspecified atom stereocenters. The van der Waals surface area contributed by atoms with E-state index in [1.807, 2.05) is 86.6 Å². The fourth-order valence-electron chi connectivity index (χ4n) is 3.14. The maximum atomic E-state index is 12.9. The minimum Gasteiger partial charge on any atom is -0.481 e. The first kappa shape index (κ1) is 20.0. The molecule has 3 rings (SSSR count). The summed E-state index contributed by atoms with van der Waals surface area (Å²) < 4.78 is 5.89. The van der Waals surface area contributed by atoms with E-state index in [4.69, 9.17) is 16.3 Å². The highest BCUT2D eigenvalue weighted by atomic mass is 35.5. The van der Waals surface area contributed by atoms with Crippen LogP contribution in [0.3, 0.4) is 0 Å². The molecule has 0 heterocycles. The van der Waals surface area contributed by atoms with Gasteiger partial charge in [-0.1, -0.05) is 72.3 Å². The zero-order valence-electron chi connectivity index (χ0n) is 16.3. The number of hydrogen-bond acceptors (Lipinski definition) is 2. The molecule has 1 amide bonds. The SMILES string of the molecule is Cc1cc(O[C@@H](C)C(=O)NC(c2ccccc2)c2ccccc2)cc(C)c1Cl. The third-order valence-electron chi connectivity index (χ3n) is 4.64. The van der Waals surface area contributed by atoms with Crippen molar-refractivity contribution >= 4 is 17.5 Å². The fourth-order valence-corrected chi connectivity index (χ4v) is 3.25. The highest BCUT2D eigenvalue weighted by Gasteiger charge is 2.22. The molecule has 0 aliphatic heterocycles. The van der Waals surface area contributed by atoms with Gasteiger partial charge >= 0.3 is 0 Å². The monoisotopic (exact) mass is 393 g/mol. The number of aryl methyl sites for hydroxylation is 2. The molecule has 0 saturated carbocycles. The Morgan fingerprint density at radius 3 is 1.82 bits per heavy atom. The van der Waals surface area contributed by atoms with E-state index in [0.717, 1.165) is 27.3 Å². The molecule has 28 heavy (non-hydrogen) atoms. The molecule has 0 spiro atoms. The Bertz CT molecular complexity index is 879. The first-order valence-electron chi connectivity index (χ1n) is 9.29. The van der Waals surface area contributed by atoms with Gasteiger partial charge in [-0.15, -0.1) is 0 Å². The zero-order chi connectivity index (χ0) is 20.1. The molecule has 3 nitrogen and oxygen atoms in total. The van der Waals surface area contributed by atoms with Gasteiger partial charge in [0, 0.05) is 5.02 Å². The molecule has 0 aliphatic rings. The van der Waals surface area contributed by atoms with Gasteiger partial charge in [0.1, 0.15) is 5.75 Å². The van der Waals surface area contributed by atoms with Gasteiger partial charge in [0.2, 0.25) is 0 Å². The van der Waals surface area contributed by atoms with E-state index in [1.165, 1.54) is 0 Å². The van der Waals surface area contributed by atoms with E-state index in [0.29, 0.717) is 5.75 Å². The number of carbonyl (C=O) groups excluding carboxylic acids is 1. The summed E-state index contributed by atoms with van der Waals surface area (Å²) in [5.41, 5.74) is 3.89. The lowest BCUT2D eigenvalue weighted by Crippen LogP contribution is -2.39. The maximum absolute atomic E-state index is 12.9. The first-order valence-corrected chi connectivity index (χ1v) is 9.67. The topological polar surface area (TPSA) is 38.3 Å². The van der Waals surface area contributed by atoms with Gasteiger partial charge < -0.3 is 10.1 Å². The van der Waals surface area contributed by atoms with E-state index in [-0.39, 0.29) is 11.9 Å². The molecule has 4 heteroatoms. The lowest BCUT2D eigenvalue weighted by atomic mass is 9.98. The molecule has 1 atom stereocenters. The molecule has 0 saturated heterocycles. The van der Waals surface area contributed by atoms with Crippen molar-refractivity contribution in [2.45, 2.75) is 32.9 Å². The highest BCUT2D eigenvalue weighted by Crippen LogP contribution is 2.27. The van der Waals surface area contributed by atoms with Gasteiger partial charge in [0.15, 0.2) is 6.10 Å². The molecule has 3 aromatic carbocycles. The molecule has 3 aromatic rings. The summed E-state index contributed by atoms with van der Waals surface area (Å²) in [5.74, 6) is 0.459. The van der Waals surface area contributed by atoms with Crippen LogP contribution in [0, 0.1) is 13.8 Å². The Kier molecular flexibility index (Phi) is 6.37. The summed E-state index contributed by atoms with van der Waals surface area (Å²) in [6.45, 7) is 5.60. The van der Waals surface area contributed by atoms with Crippen LogP contribution >= 0.6 is 11.6 Å². The standard InChI is InChI=1S/C24H24ClNO2/c1-16-14-21(15-17(2)22(16)25)28-18(3)24(27)26-23(19-10-6-4-7-11-19)20-12-8-5-9-13-20/h4-15,18,23H,1-3H3,(H,26,27)/t18-/m0/s1. The van der Waals surface area contributed by atoms with Gasteiger partial charge in [0.05, 0.1) is 6.04 Å². The molecule has 0 aromatic heterocycles. The minimum absolute atomic E-state index is 0.178. The number of hydrogen-bond donors (Lipinski definition) is 1. The minimum atomic E-state index is -0.644. The van der Waals surface area contributed by atoms with E-state index < -0.39 is 6.10 Å². The van der Waals surface area contributed by atoms with E-state index in [2.05, 4.69) is 5.32 Å². The Labute approximate surface area is 171 Å².